The third kappa shape index (κ3) is 7.12. The Morgan fingerprint density at radius 3 is 1.39 bits per heavy atom. The summed E-state index contributed by atoms with van der Waals surface area (Å²) in [5, 5.41) is 0. The Labute approximate surface area is 244 Å². The van der Waals surface area contributed by atoms with Gasteiger partial charge in [-0.3, -0.25) is 0 Å². The molecule has 3 aromatic carbocycles. The van der Waals surface area contributed by atoms with Crippen molar-refractivity contribution in [1.29, 1.82) is 0 Å². The first-order chi connectivity index (χ1) is 20.0. The highest BCUT2D eigenvalue weighted by Crippen LogP contribution is 2.39. The van der Waals surface area contributed by atoms with E-state index in [1.807, 2.05) is 64.1 Å². The van der Waals surface area contributed by atoms with Crippen LogP contribution >= 0.6 is 0 Å². The molecular weight excluding hydrogens is 512 g/mol. The smallest absolute Gasteiger partial charge is 0.132 e. The molecule has 0 saturated carbocycles. The number of hydrogen-bond donors (Lipinski definition) is 0. The molecule has 4 rings (SSSR count). The van der Waals surface area contributed by atoms with Gasteiger partial charge >= 0.3 is 0 Å². The highest BCUT2D eigenvalue weighted by atomic mass is 16.5. The molecule has 1 aromatic heterocycles. The molecular formula is C35H42N2O4. The second-order valence-electron chi connectivity index (χ2n) is 9.39. The highest BCUT2D eigenvalue weighted by Gasteiger charge is 2.17. The van der Waals surface area contributed by atoms with Crippen LogP contribution in [0.15, 0.2) is 72.8 Å². The van der Waals surface area contributed by atoms with Crippen molar-refractivity contribution < 1.29 is 18.9 Å². The molecule has 6 nitrogen and oxygen atoms in total. The molecule has 0 amide bonds. The van der Waals surface area contributed by atoms with Gasteiger partial charge in [0.15, 0.2) is 0 Å². The van der Waals surface area contributed by atoms with E-state index in [-0.39, 0.29) is 0 Å². The fourth-order valence-electron chi connectivity index (χ4n) is 4.92. The van der Waals surface area contributed by atoms with Crippen LogP contribution in [-0.4, -0.2) is 44.5 Å². The average Bonchev–Trinajstić information content (AvgIpc) is 2.99. The van der Waals surface area contributed by atoms with Gasteiger partial charge in [0.05, 0.1) is 37.8 Å². The van der Waals surface area contributed by atoms with E-state index in [2.05, 4.69) is 55.1 Å². The fourth-order valence-corrected chi connectivity index (χ4v) is 4.92. The quantitative estimate of drug-likeness (QED) is 0.156. The molecule has 0 aliphatic carbocycles. The van der Waals surface area contributed by atoms with Gasteiger partial charge in [-0.25, -0.2) is 4.98 Å². The van der Waals surface area contributed by atoms with Gasteiger partial charge in [-0.05, 0) is 101 Å². The maximum Gasteiger partial charge on any atom is 0.132 e. The summed E-state index contributed by atoms with van der Waals surface area (Å²) in [6.45, 7) is 16.5. The zero-order valence-electron chi connectivity index (χ0n) is 25.2. The van der Waals surface area contributed by atoms with Crippen LogP contribution in [0.4, 0.5) is 5.69 Å². The monoisotopic (exact) mass is 554 g/mol. The molecule has 41 heavy (non-hydrogen) atoms. The Hall–Kier alpha value is -4.19. The first-order valence-electron chi connectivity index (χ1n) is 14.7. The standard InChI is InChI=1S/C35H42N2O4/c1-7-37(8-2)27-15-13-25(14-16-27)26-21-32(30-19-17-28(38-9-3)23-34(30)40-11-5)36-33(22-26)31-20-18-29(39-10-4)24-35(31)41-12-6/h13-24H,7-12H2,1-6H3. The summed E-state index contributed by atoms with van der Waals surface area (Å²) in [6.07, 6.45) is 0. The fraction of sp³-hybridized carbons (Fsp3) is 0.343. The summed E-state index contributed by atoms with van der Waals surface area (Å²) in [5.74, 6) is 3.02. The van der Waals surface area contributed by atoms with E-state index in [9.17, 15) is 0 Å². The van der Waals surface area contributed by atoms with E-state index in [1.54, 1.807) is 0 Å². The van der Waals surface area contributed by atoms with Crippen LogP contribution in [0.3, 0.4) is 0 Å². The van der Waals surface area contributed by atoms with Gasteiger partial charge in [0, 0.05) is 42.0 Å². The molecule has 0 radical (unpaired) electrons. The van der Waals surface area contributed by atoms with Crippen LogP contribution < -0.4 is 23.8 Å². The molecule has 0 atom stereocenters. The van der Waals surface area contributed by atoms with Gasteiger partial charge < -0.3 is 23.8 Å². The molecule has 0 N–H and O–H groups in total. The van der Waals surface area contributed by atoms with Gasteiger partial charge in [-0.2, -0.15) is 0 Å². The number of ether oxygens (including phenoxy) is 4. The normalized spacial score (nSPS) is 10.8. The highest BCUT2D eigenvalue weighted by molar-refractivity contribution is 5.81. The zero-order chi connectivity index (χ0) is 29.2. The molecule has 0 aliphatic heterocycles. The Morgan fingerprint density at radius 2 is 0.976 bits per heavy atom. The minimum atomic E-state index is 0.537. The van der Waals surface area contributed by atoms with E-state index in [0.717, 1.165) is 69.7 Å². The minimum absolute atomic E-state index is 0.537. The molecule has 6 heteroatoms. The van der Waals surface area contributed by atoms with Gasteiger partial charge in [0.25, 0.3) is 0 Å². The third-order valence-corrected chi connectivity index (χ3v) is 6.83. The van der Waals surface area contributed by atoms with Crippen molar-refractivity contribution in [1.82, 2.24) is 4.98 Å². The molecule has 0 unspecified atom stereocenters. The van der Waals surface area contributed by atoms with Crippen molar-refractivity contribution in [2.45, 2.75) is 41.5 Å². The number of anilines is 1. The summed E-state index contributed by atoms with van der Waals surface area (Å²) in [4.78, 5) is 7.50. The maximum atomic E-state index is 6.07. The molecule has 0 bridgehead atoms. The predicted octanol–water partition coefficient (Wildman–Crippen LogP) is 8.52. The number of hydrogen-bond acceptors (Lipinski definition) is 6. The second-order valence-corrected chi connectivity index (χ2v) is 9.39. The second kappa shape index (κ2) is 14.4. The van der Waals surface area contributed by atoms with Crippen molar-refractivity contribution in [2.75, 3.05) is 44.4 Å². The lowest BCUT2D eigenvalue weighted by molar-refractivity contribution is 0.323. The summed E-state index contributed by atoms with van der Waals surface area (Å²) in [5.41, 5.74) is 6.82. The third-order valence-electron chi connectivity index (χ3n) is 6.83. The molecule has 0 aliphatic rings. The topological polar surface area (TPSA) is 53.1 Å². The number of nitrogens with zero attached hydrogens (tertiary/aromatic N) is 2. The summed E-state index contributed by atoms with van der Waals surface area (Å²) < 4.78 is 23.7. The van der Waals surface area contributed by atoms with Crippen LogP contribution in [0.25, 0.3) is 33.6 Å². The number of benzene rings is 3. The average molecular weight is 555 g/mol. The Bertz CT molecular complexity index is 1340. The van der Waals surface area contributed by atoms with E-state index >= 15 is 0 Å². The lowest BCUT2D eigenvalue weighted by atomic mass is 9.98. The van der Waals surface area contributed by atoms with Crippen LogP contribution in [0, 0.1) is 0 Å². The van der Waals surface area contributed by atoms with E-state index in [1.165, 1.54) is 5.69 Å². The molecule has 4 aromatic rings. The lowest BCUT2D eigenvalue weighted by Crippen LogP contribution is -2.21. The molecule has 1 heterocycles. The molecule has 0 fully saturated rings. The molecule has 216 valence electrons. The SMILES string of the molecule is CCOc1ccc(-c2cc(-c3ccc(N(CC)CC)cc3)cc(-c3ccc(OCC)cc3OCC)n2)c(OCC)c1. The molecule has 0 spiro atoms. The zero-order valence-corrected chi connectivity index (χ0v) is 25.2. The minimum Gasteiger partial charge on any atom is -0.494 e. The van der Waals surface area contributed by atoms with Crippen molar-refractivity contribution >= 4 is 5.69 Å². The van der Waals surface area contributed by atoms with Crippen molar-refractivity contribution in [3.05, 3.63) is 72.8 Å². The Morgan fingerprint density at radius 1 is 0.512 bits per heavy atom. The summed E-state index contributed by atoms with van der Waals surface area (Å²) in [7, 11) is 0. The number of pyridine rings is 1. The Balaban J connectivity index is 1.90. The van der Waals surface area contributed by atoms with E-state index in [4.69, 9.17) is 23.9 Å². The van der Waals surface area contributed by atoms with Crippen LogP contribution in [0.1, 0.15) is 41.5 Å². The Kier molecular flexibility index (Phi) is 10.5. The van der Waals surface area contributed by atoms with E-state index < -0.39 is 0 Å². The largest absolute Gasteiger partial charge is 0.494 e. The lowest BCUT2D eigenvalue weighted by Gasteiger charge is -2.21. The van der Waals surface area contributed by atoms with Crippen LogP contribution in [0.2, 0.25) is 0 Å². The van der Waals surface area contributed by atoms with Gasteiger partial charge in [-0.15, -0.1) is 0 Å². The van der Waals surface area contributed by atoms with Gasteiger partial charge in [-0.1, -0.05) is 12.1 Å². The van der Waals surface area contributed by atoms with Crippen molar-refractivity contribution in [2.24, 2.45) is 0 Å². The maximum absolute atomic E-state index is 6.07. The van der Waals surface area contributed by atoms with Crippen LogP contribution in [-0.2, 0) is 0 Å². The number of rotatable bonds is 14. The summed E-state index contributed by atoms with van der Waals surface area (Å²) in [6, 6.07) is 24.9. The first-order valence-corrected chi connectivity index (χ1v) is 14.7. The summed E-state index contributed by atoms with van der Waals surface area (Å²) >= 11 is 0. The first kappa shape index (κ1) is 29.8. The van der Waals surface area contributed by atoms with Crippen LogP contribution in [0.5, 0.6) is 23.0 Å². The van der Waals surface area contributed by atoms with Crippen molar-refractivity contribution in [3.63, 3.8) is 0 Å². The van der Waals surface area contributed by atoms with Gasteiger partial charge in [0.1, 0.15) is 23.0 Å². The number of aromatic nitrogens is 1. The molecule has 0 saturated heterocycles. The van der Waals surface area contributed by atoms with Crippen molar-refractivity contribution in [3.8, 4) is 56.6 Å². The van der Waals surface area contributed by atoms with Gasteiger partial charge in [0.2, 0.25) is 0 Å². The predicted molar refractivity (Wildman–Crippen MR) is 169 cm³/mol. The van der Waals surface area contributed by atoms with E-state index in [0.29, 0.717) is 26.4 Å².